The molecule has 2 aliphatic rings. The van der Waals surface area contributed by atoms with Gasteiger partial charge >= 0.3 is 6.09 Å². The van der Waals surface area contributed by atoms with Crippen LogP contribution in [0, 0.1) is 0 Å². The van der Waals surface area contributed by atoms with Crippen molar-refractivity contribution >= 4 is 12.0 Å². The molecule has 3 rings (SSSR count). The largest absolute Gasteiger partial charge is 0.493 e. The molecule has 166 valence electrons. The number of para-hydroxylation sites is 1. The lowest BCUT2D eigenvalue weighted by Crippen LogP contribution is -2.53. The lowest BCUT2D eigenvalue weighted by atomic mass is 10.0. The highest BCUT2D eigenvalue weighted by molar-refractivity contribution is 5.84. The van der Waals surface area contributed by atoms with Gasteiger partial charge in [-0.15, -0.1) is 0 Å². The summed E-state index contributed by atoms with van der Waals surface area (Å²) in [5.74, 6) is 1.14. The van der Waals surface area contributed by atoms with Crippen molar-refractivity contribution in [2.75, 3.05) is 47.0 Å². The van der Waals surface area contributed by atoms with Crippen LogP contribution in [0.15, 0.2) is 18.2 Å². The van der Waals surface area contributed by atoms with Crippen LogP contribution < -0.4 is 14.8 Å². The lowest BCUT2D eigenvalue weighted by Gasteiger charge is -2.39. The summed E-state index contributed by atoms with van der Waals surface area (Å²) in [6.45, 7) is 4.32. The third-order valence-corrected chi connectivity index (χ3v) is 5.88. The van der Waals surface area contributed by atoms with Crippen LogP contribution in [0.4, 0.5) is 4.79 Å². The number of nitrogens with one attached hydrogen (secondary N) is 1. The Kier molecular flexibility index (Phi) is 7.79. The molecule has 30 heavy (non-hydrogen) atoms. The van der Waals surface area contributed by atoms with Crippen molar-refractivity contribution in [2.45, 2.75) is 44.7 Å². The predicted octanol–water partition coefficient (Wildman–Crippen LogP) is 2.58. The molecular formula is C22H33N3O5. The van der Waals surface area contributed by atoms with E-state index in [-0.39, 0.29) is 18.0 Å². The fourth-order valence-corrected chi connectivity index (χ4v) is 4.36. The van der Waals surface area contributed by atoms with E-state index in [1.807, 2.05) is 18.2 Å². The Morgan fingerprint density at radius 3 is 2.40 bits per heavy atom. The second-order valence-corrected chi connectivity index (χ2v) is 7.70. The van der Waals surface area contributed by atoms with Gasteiger partial charge in [0.1, 0.15) is 6.04 Å². The molecular weight excluding hydrogens is 386 g/mol. The van der Waals surface area contributed by atoms with Crippen LogP contribution in [-0.4, -0.2) is 74.8 Å². The van der Waals surface area contributed by atoms with Gasteiger partial charge in [-0.2, -0.15) is 0 Å². The van der Waals surface area contributed by atoms with Crippen molar-refractivity contribution in [1.29, 1.82) is 0 Å². The summed E-state index contributed by atoms with van der Waals surface area (Å²) < 4.78 is 16.2. The fraction of sp³-hybridized carbons (Fsp3) is 0.636. The number of amides is 2. The van der Waals surface area contributed by atoms with Crippen LogP contribution in [0.2, 0.25) is 0 Å². The summed E-state index contributed by atoms with van der Waals surface area (Å²) in [6.07, 6.45) is 4.03. The van der Waals surface area contributed by atoms with Crippen molar-refractivity contribution in [2.24, 2.45) is 0 Å². The van der Waals surface area contributed by atoms with Crippen LogP contribution in [0.5, 0.6) is 11.5 Å². The molecule has 8 heteroatoms. The zero-order chi connectivity index (χ0) is 21.5. The molecule has 1 aliphatic heterocycles. The van der Waals surface area contributed by atoms with Gasteiger partial charge in [-0.25, -0.2) is 4.79 Å². The van der Waals surface area contributed by atoms with Crippen LogP contribution in [-0.2, 0) is 9.53 Å². The summed E-state index contributed by atoms with van der Waals surface area (Å²) in [5, 5.41) is 3.24. The third-order valence-electron chi connectivity index (χ3n) is 5.88. The molecule has 1 saturated heterocycles. The van der Waals surface area contributed by atoms with Crippen LogP contribution in [0.25, 0.3) is 0 Å². The number of rotatable bonds is 7. The Balaban J connectivity index is 1.84. The number of carbonyl (C=O) groups excluding carboxylic acids is 2. The van der Waals surface area contributed by atoms with E-state index in [4.69, 9.17) is 14.2 Å². The van der Waals surface area contributed by atoms with E-state index in [2.05, 4.69) is 10.2 Å². The predicted molar refractivity (Wildman–Crippen MR) is 113 cm³/mol. The maximum absolute atomic E-state index is 13.4. The van der Waals surface area contributed by atoms with E-state index in [9.17, 15) is 9.59 Å². The zero-order valence-corrected chi connectivity index (χ0v) is 18.2. The minimum Gasteiger partial charge on any atom is -0.493 e. The van der Waals surface area contributed by atoms with E-state index in [1.165, 1.54) is 0 Å². The highest BCUT2D eigenvalue weighted by atomic mass is 16.6. The van der Waals surface area contributed by atoms with E-state index >= 15 is 0 Å². The van der Waals surface area contributed by atoms with Gasteiger partial charge < -0.3 is 24.4 Å². The van der Waals surface area contributed by atoms with Gasteiger partial charge in [-0.05, 0) is 25.8 Å². The number of ether oxygens (including phenoxy) is 3. The summed E-state index contributed by atoms with van der Waals surface area (Å²) in [7, 11) is 3.18. The van der Waals surface area contributed by atoms with Gasteiger partial charge in [-0.3, -0.25) is 9.69 Å². The van der Waals surface area contributed by atoms with Gasteiger partial charge in [0, 0.05) is 37.8 Å². The van der Waals surface area contributed by atoms with Crippen molar-refractivity contribution in [1.82, 2.24) is 15.1 Å². The zero-order valence-electron chi connectivity index (χ0n) is 18.2. The fourth-order valence-electron chi connectivity index (χ4n) is 4.36. The number of carbonyl (C=O) groups is 2. The molecule has 1 heterocycles. The van der Waals surface area contributed by atoms with Crippen molar-refractivity contribution in [3.63, 3.8) is 0 Å². The highest BCUT2D eigenvalue weighted by Crippen LogP contribution is 2.37. The number of benzene rings is 1. The average Bonchev–Trinajstić information content (AvgIpc) is 3.27. The second kappa shape index (κ2) is 10.5. The van der Waals surface area contributed by atoms with E-state index in [0.717, 1.165) is 31.2 Å². The van der Waals surface area contributed by atoms with Crippen LogP contribution >= 0.6 is 0 Å². The monoisotopic (exact) mass is 419 g/mol. The molecule has 1 aromatic carbocycles. The number of nitrogens with zero attached hydrogens (tertiary/aromatic N) is 2. The first-order chi connectivity index (χ1) is 14.6. The highest BCUT2D eigenvalue weighted by Gasteiger charge is 2.35. The molecule has 0 bridgehead atoms. The normalized spacial score (nSPS) is 18.7. The molecule has 0 radical (unpaired) electrons. The quantitative estimate of drug-likeness (QED) is 0.732. The van der Waals surface area contributed by atoms with E-state index in [0.29, 0.717) is 44.3 Å². The molecule has 0 aromatic heterocycles. The average molecular weight is 420 g/mol. The standard InChI is InChI=1S/C22H33N3O5/c1-4-30-22(27)25-14-12-24(13-15-25)19(21(26)23-16-8-5-6-9-16)17-10-7-11-18(28-2)20(17)29-3/h7,10-11,16,19H,4-6,8-9,12-15H2,1-3H3,(H,23,26). The number of hydrogen-bond donors (Lipinski definition) is 1. The van der Waals surface area contributed by atoms with E-state index in [1.54, 1.807) is 26.0 Å². The lowest BCUT2D eigenvalue weighted by molar-refractivity contribution is -0.128. The Morgan fingerprint density at radius 1 is 1.10 bits per heavy atom. The molecule has 1 atom stereocenters. The Morgan fingerprint density at radius 2 is 1.80 bits per heavy atom. The van der Waals surface area contributed by atoms with Gasteiger partial charge in [0.25, 0.3) is 0 Å². The van der Waals surface area contributed by atoms with Crippen molar-refractivity contribution in [3.8, 4) is 11.5 Å². The summed E-state index contributed by atoms with van der Waals surface area (Å²) >= 11 is 0. The molecule has 1 aromatic rings. The molecule has 0 spiro atoms. The van der Waals surface area contributed by atoms with Gasteiger partial charge in [-0.1, -0.05) is 25.0 Å². The Labute approximate surface area is 178 Å². The smallest absolute Gasteiger partial charge is 0.409 e. The topological polar surface area (TPSA) is 80.3 Å². The first-order valence-electron chi connectivity index (χ1n) is 10.8. The first-order valence-corrected chi connectivity index (χ1v) is 10.8. The Bertz CT molecular complexity index is 727. The molecule has 1 saturated carbocycles. The minimum absolute atomic E-state index is 0.0296. The molecule has 2 fully saturated rings. The number of methoxy groups -OCH3 is 2. The second-order valence-electron chi connectivity index (χ2n) is 7.70. The Hall–Kier alpha value is -2.48. The number of piperazine rings is 1. The van der Waals surface area contributed by atoms with Crippen LogP contribution in [0.1, 0.15) is 44.2 Å². The molecule has 1 unspecified atom stereocenters. The SMILES string of the molecule is CCOC(=O)N1CCN(C(C(=O)NC2CCCC2)c2cccc(OC)c2OC)CC1. The molecule has 8 nitrogen and oxygen atoms in total. The van der Waals surface area contributed by atoms with Crippen molar-refractivity contribution in [3.05, 3.63) is 23.8 Å². The van der Waals surface area contributed by atoms with Crippen molar-refractivity contribution < 1.29 is 23.8 Å². The van der Waals surface area contributed by atoms with Gasteiger partial charge in [0.2, 0.25) is 5.91 Å². The minimum atomic E-state index is -0.514. The summed E-state index contributed by atoms with van der Waals surface area (Å²) in [6, 6.07) is 5.32. The van der Waals surface area contributed by atoms with Gasteiger partial charge in [0.05, 0.1) is 20.8 Å². The van der Waals surface area contributed by atoms with Crippen LogP contribution in [0.3, 0.4) is 0 Å². The molecule has 2 amide bonds. The third kappa shape index (κ3) is 4.98. The molecule has 1 N–H and O–H groups in total. The maximum atomic E-state index is 13.4. The number of hydrogen-bond acceptors (Lipinski definition) is 6. The summed E-state index contributed by atoms with van der Waals surface area (Å²) in [5.41, 5.74) is 0.775. The first kappa shape index (κ1) is 22.2. The van der Waals surface area contributed by atoms with Gasteiger partial charge in [0.15, 0.2) is 11.5 Å². The maximum Gasteiger partial charge on any atom is 0.409 e. The summed E-state index contributed by atoms with van der Waals surface area (Å²) in [4.78, 5) is 29.3. The van der Waals surface area contributed by atoms with E-state index < -0.39 is 6.04 Å². The molecule has 1 aliphatic carbocycles.